The molecule has 0 unspecified atom stereocenters. The summed E-state index contributed by atoms with van der Waals surface area (Å²) >= 11 is 0. The van der Waals surface area contributed by atoms with Crippen molar-refractivity contribution >= 4 is 11.6 Å². The second-order valence-electron chi connectivity index (χ2n) is 6.62. The van der Waals surface area contributed by atoms with E-state index < -0.39 is 0 Å². The SMILES string of the molecule is Cc1cc2nc(C)c(CCC(=O)NCc3ccc(C)n3C)c(C)n2n1. The van der Waals surface area contributed by atoms with Crippen LogP contribution in [-0.4, -0.2) is 25.1 Å². The molecule has 6 nitrogen and oxygen atoms in total. The zero-order chi connectivity index (χ0) is 18.1. The number of hydrogen-bond acceptors (Lipinski definition) is 3. The predicted molar refractivity (Wildman–Crippen MR) is 97.5 cm³/mol. The van der Waals surface area contributed by atoms with Crippen LogP contribution >= 0.6 is 0 Å². The number of nitrogens with zero attached hydrogens (tertiary/aromatic N) is 4. The number of rotatable bonds is 5. The van der Waals surface area contributed by atoms with Gasteiger partial charge < -0.3 is 9.88 Å². The molecule has 0 spiro atoms. The van der Waals surface area contributed by atoms with E-state index >= 15 is 0 Å². The van der Waals surface area contributed by atoms with Crippen LogP contribution < -0.4 is 5.32 Å². The quantitative estimate of drug-likeness (QED) is 0.777. The summed E-state index contributed by atoms with van der Waals surface area (Å²) in [5.74, 6) is 0.0504. The van der Waals surface area contributed by atoms with E-state index in [2.05, 4.69) is 33.0 Å². The van der Waals surface area contributed by atoms with E-state index in [1.807, 2.05) is 44.5 Å². The molecule has 0 radical (unpaired) electrons. The Morgan fingerprint density at radius 2 is 1.96 bits per heavy atom. The van der Waals surface area contributed by atoms with Gasteiger partial charge in [-0.3, -0.25) is 4.79 Å². The van der Waals surface area contributed by atoms with Crippen molar-refractivity contribution in [1.29, 1.82) is 0 Å². The number of aromatic nitrogens is 4. The molecule has 3 rings (SSSR count). The lowest BCUT2D eigenvalue weighted by molar-refractivity contribution is -0.121. The number of hydrogen-bond donors (Lipinski definition) is 1. The lowest BCUT2D eigenvalue weighted by atomic mass is 10.1. The summed E-state index contributed by atoms with van der Waals surface area (Å²) in [5, 5.41) is 7.48. The minimum atomic E-state index is 0.0504. The van der Waals surface area contributed by atoms with E-state index in [-0.39, 0.29) is 5.91 Å². The minimum absolute atomic E-state index is 0.0504. The summed E-state index contributed by atoms with van der Waals surface area (Å²) in [5.41, 5.74) is 7.22. The van der Waals surface area contributed by atoms with Gasteiger partial charge in [0.2, 0.25) is 5.91 Å². The molecule has 0 aromatic carbocycles. The summed E-state index contributed by atoms with van der Waals surface area (Å²) in [6.45, 7) is 8.60. The highest BCUT2D eigenvalue weighted by molar-refractivity contribution is 5.76. The second kappa shape index (κ2) is 6.70. The molecule has 1 amide bonds. The molecule has 3 aromatic heterocycles. The fourth-order valence-electron chi connectivity index (χ4n) is 3.16. The van der Waals surface area contributed by atoms with Gasteiger partial charge in [-0.15, -0.1) is 0 Å². The molecule has 3 heterocycles. The lowest BCUT2D eigenvalue weighted by Crippen LogP contribution is -2.24. The molecule has 0 aliphatic carbocycles. The molecule has 0 saturated heterocycles. The van der Waals surface area contributed by atoms with Crippen molar-refractivity contribution in [1.82, 2.24) is 24.5 Å². The van der Waals surface area contributed by atoms with E-state index in [4.69, 9.17) is 0 Å². The first-order valence-corrected chi connectivity index (χ1v) is 8.57. The van der Waals surface area contributed by atoms with Gasteiger partial charge in [0.1, 0.15) is 0 Å². The molecule has 132 valence electrons. The lowest BCUT2D eigenvalue weighted by Gasteiger charge is -2.11. The Balaban J connectivity index is 1.66. The van der Waals surface area contributed by atoms with E-state index in [1.54, 1.807) is 0 Å². The third-order valence-electron chi connectivity index (χ3n) is 4.83. The van der Waals surface area contributed by atoms with E-state index in [9.17, 15) is 4.79 Å². The number of fused-ring (bicyclic) bond motifs is 1. The Labute approximate surface area is 147 Å². The van der Waals surface area contributed by atoms with Crippen LogP contribution in [0.15, 0.2) is 18.2 Å². The molecular weight excluding hydrogens is 314 g/mol. The van der Waals surface area contributed by atoms with Crippen LogP contribution in [-0.2, 0) is 24.8 Å². The Hall–Kier alpha value is -2.63. The molecular formula is C19H25N5O. The molecule has 25 heavy (non-hydrogen) atoms. The average Bonchev–Trinajstić information content (AvgIpc) is 3.08. The van der Waals surface area contributed by atoms with Crippen molar-refractivity contribution in [3.05, 3.63) is 52.2 Å². The largest absolute Gasteiger partial charge is 0.351 e. The number of amides is 1. The Morgan fingerprint density at radius 3 is 2.64 bits per heavy atom. The summed E-state index contributed by atoms with van der Waals surface area (Å²) in [7, 11) is 2.01. The highest BCUT2D eigenvalue weighted by Gasteiger charge is 2.13. The van der Waals surface area contributed by atoms with Crippen LogP contribution in [0.4, 0.5) is 0 Å². The van der Waals surface area contributed by atoms with Crippen molar-refractivity contribution in [3.63, 3.8) is 0 Å². The third-order valence-corrected chi connectivity index (χ3v) is 4.83. The second-order valence-corrected chi connectivity index (χ2v) is 6.62. The van der Waals surface area contributed by atoms with Gasteiger partial charge >= 0.3 is 0 Å². The van der Waals surface area contributed by atoms with Gasteiger partial charge in [0.25, 0.3) is 0 Å². The van der Waals surface area contributed by atoms with Gasteiger partial charge in [0.05, 0.1) is 12.2 Å². The van der Waals surface area contributed by atoms with Crippen molar-refractivity contribution in [3.8, 4) is 0 Å². The van der Waals surface area contributed by atoms with Gasteiger partial charge in [-0.25, -0.2) is 9.50 Å². The van der Waals surface area contributed by atoms with Crippen molar-refractivity contribution in [2.45, 2.75) is 47.1 Å². The molecule has 0 atom stereocenters. The first-order chi connectivity index (χ1) is 11.9. The molecule has 1 N–H and O–H groups in total. The standard InChI is InChI=1S/C19H25N5O/c1-12-10-18-21-14(3)17(15(4)24(18)22-12)8-9-19(25)20-11-16-7-6-13(2)23(16)5/h6-7,10H,8-9,11H2,1-5H3,(H,20,25). The average molecular weight is 339 g/mol. The van der Waals surface area contributed by atoms with E-state index in [0.717, 1.165) is 34.0 Å². The fraction of sp³-hybridized carbons (Fsp3) is 0.421. The molecule has 3 aromatic rings. The van der Waals surface area contributed by atoms with Crippen LogP contribution in [0.1, 0.15) is 40.5 Å². The van der Waals surface area contributed by atoms with Crippen LogP contribution in [0.5, 0.6) is 0 Å². The smallest absolute Gasteiger partial charge is 0.220 e. The summed E-state index contributed by atoms with van der Waals surface area (Å²) < 4.78 is 3.95. The van der Waals surface area contributed by atoms with Crippen molar-refractivity contribution < 1.29 is 4.79 Å². The van der Waals surface area contributed by atoms with Gasteiger partial charge in [0.15, 0.2) is 5.65 Å². The summed E-state index contributed by atoms with van der Waals surface area (Å²) in [6, 6.07) is 6.07. The Bertz CT molecular complexity index is 935. The first kappa shape index (κ1) is 17.2. The zero-order valence-corrected chi connectivity index (χ0v) is 15.6. The third kappa shape index (κ3) is 3.43. The van der Waals surface area contributed by atoms with Gasteiger partial charge in [-0.2, -0.15) is 5.10 Å². The van der Waals surface area contributed by atoms with Crippen molar-refractivity contribution in [2.24, 2.45) is 7.05 Å². The zero-order valence-electron chi connectivity index (χ0n) is 15.6. The van der Waals surface area contributed by atoms with E-state index in [1.165, 1.54) is 5.69 Å². The predicted octanol–water partition coefficient (Wildman–Crippen LogP) is 2.55. The first-order valence-electron chi connectivity index (χ1n) is 8.57. The molecule has 0 fully saturated rings. The van der Waals surface area contributed by atoms with Crippen molar-refractivity contribution in [2.75, 3.05) is 0 Å². The summed E-state index contributed by atoms with van der Waals surface area (Å²) in [6.07, 6.45) is 1.11. The maximum atomic E-state index is 12.2. The topological polar surface area (TPSA) is 64.2 Å². The molecule has 0 saturated carbocycles. The van der Waals surface area contributed by atoms with Crippen LogP contribution in [0.2, 0.25) is 0 Å². The van der Waals surface area contributed by atoms with Gasteiger partial charge in [0, 0.05) is 42.3 Å². The number of aryl methyl sites for hydroxylation is 4. The highest BCUT2D eigenvalue weighted by Crippen LogP contribution is 2.17. The number of carbonyl (C=O) groups excluding carboxylic acids is 1. The van der Waals surface area contributed by atoms with Gasteiger partial charge in [-0.05, 0) is 51.8 Å². The normalized spacial score (nSPS) is 11.2. The fourth-order valence-corrected chi connectivity index (χ4v) is 3.16. The highest BCUT2D eigenvalue weighted by atomic mass is 16.1. The van der Waals surface area contributed by atoms with Crippen LogP contribution in [0, 0.1) is 27.7 Å². The summed E-state index contributed by atoms with van der Waals surface area (Å²) in [4.78, 5) is 16.8. The number of carbonyl (C=O) groups is 1. The molecule has 0 aliphatic heterocycles. The molecule has 6 heteroatoms. The van der Waals surface area contributed by atoms with Gasteiger partial charge in [-0.1, -0.05) is 0 Å². The monoisotopic (exact) mass is 339 g/mol. The molecule has 0 aliphatic rings. The Kier molecular flexibility index (Phi) is 4.61. The van der Waals surface area contributed by atoms with Crippen LogP contribution in [0.3, 0.4) is 0 Å². The Morgan fingerprint density at radius 1 is 1.20 bits per heavy atom. The number of nitrogens with one attached hydrogen (secondary N) is 1. The molecule has 0 bridgehead atoms. The van der Waals surface area contributed by atoms with E-state index in [0.29, 0.717) is 19.4 Å². The minimum Gasteiger partial charge on any atom is -0.351 e. The van der Waals surface area contributed by atoms with Crippen LogP contribution in [0.25, 0.3) is 5.65 Å². The maximum absolute atomic E-state index is 12.2. The maximum Gasteiger partial charge on any atom is 0.220 e.